The Hall–Kier alpha value is -0.570. The summed E-state index contributed by atoms with van der Waals surface area (Å²) in [6.07, 6.45) is 2.36. The molecular formula is C12H24N2O. The summed E-state index contributed by atoms with van der Waals surface area (Å²) in [5, 5.41) is 3.38. The number of amides is 1. The molecule has 1 aliphatic rings. The van der Waals surface area contributed by atoms with Gasteiger partial charge in [0.2, 0.25) is 5.91 Å². The van der Waals surface area contributed by atoms with E-state index in [1.54, 1.807) is 0 Å². The molecule has 0 aromatic carbocycles. The van der Waals surface area contributed by atoms with Crippen molar-refractivity contribution < 1.29 is 4.79 Å². The van der Waals surface area contributed by atoms with Crippen molar-refractivity contribution in [1.82, 2.24) is 10.2 Å². The maximum Gasteiger partial charge on any atom is 0.228 e. The number of piperidine rings is 1. The van der Waals surface area contributed by atoms with Crippen LogP contribution in [0.25, 0.3) is 0 Å². The number of nitrogens with one attached hydrogen (secondary N) is 1. The molecule has 0 bridgehead atoms. The van der Waals surface area contributed by atoms with Crippen LogP contribution in [0.1, 0.15) is 33.6 Å². The zero-order valence-corrected chi connectivity index (χ0v) is 10.5. The lowest BCUT2D eigenvalue weighted by atomic mass is 9.74. The molecule has 0 aromatic rings. The van der Waals surface area contributed by atoms with Crippen molar-refractivity contribution in [3.63, 3.8) is 0 Å². The molecule has 1 heterocycles. The van der Waals surface area contributed by atoms with Gasteiger partial charge in [0.25, 0.3) is 0 Å². The smallest absolute Gasteiger partial charge is 0.228 e. The maximum absolute atomic E-state index is 12.2. The first-order valence-electron chi connectivity index (χ1n) is 5.96. The van der Waals surface area contributed by atoms with Gasteiger partial charge in [0.15, 0.2) is 0 Å². The van der Waals surface area contributed by atoms with Crippen LogP contribution in [0, 0.1) is 11.3 Å². The van der Waals surface area contributed by atoms with Gasteiger partial charge >= 0.3 is 0 Å². The molecule has 1 rings (SSSR count). The Morgan fingerprint density at radius 3 is 2.67 bits per heavy atom. The highest BCUT2D eigenvalue weighted by atomic mass is 16.2. The number of hydrogen-bond acceptors (Lipinski definition) is 2. The summed E-state index contributed by atoms with van der Waals surface area (Å²) in [6.45, 7) is 9.06. The molecule has 1 atom stereocenters. The standard InChI is InChI=1S/C12H24N2O/c1-5-14(4)11(15)12(2,3)10-7-6-8-13-9-10/h10,13H,5-9H2,1-4H3. The highest BCUT2D eigenvalue weighted by Crippen LogP contribution is 2.33. The third kappa shape index (κ3) is 2.71. The summed E-state index contributed by atoms with van der Waals surface area (Å²) in [4.78, 5) is 14.0. The van der Waals surface area contributed by atoms with E-state index in [9.17, 15) is 4.79 Å². The number of rotatable bonds is 3. The van der Waals surface area contributed by atoms with Gasteiger partial charge in [-0.1, -0.05) is 13.8 Å². The van der Waals surface area contributed by atoms with E-state index in [4.69, 9.17) is 0 Å². The Morgan fingerprint density at radius 1 is 1.53 bits per heavy atom. The monoisotopic (exact) mass is 212 g/mol. The molecule has 1 aliphatic heterocycles. The highest BCUT2D eigenvalue weighted by molar-refractivity contribution is 5.82. The fourth-order valence-corrected chi connectivity index (χ4v) is 2.28. The molecule has 3 nitrogen and oxygen atoms in total. The Labute approximate surface area is 93.2 Å². The fraction of sp³-hybridized carbons (Fsp3) is 0.917. The van der Waals surface area contributed by atoms with Gasteiger partial charge in [-0.2, -0.15) is 0 Å². The van der Waals surface area contributed by atoms with Crippen LogP contribution in [0.4, 0.5) is 0 Å². The molecule has 1 unspecified atom stereocenters. The van der Waals surface area contributed by atoms with Crippen molar-refractivity contribution in [3.05, 3.63) is 0 Å². The molecule has 0 aromatic heterocycles. The summed E-state index contributed by atoms with van der Waals surface area (Å²) >= 11 is 0. The van der Waals surface area contributed by atoms with E-state index in [-0.39, 0.29) is 11.3 Å². The Balaban J connectivity index is 2.66. The van der Waals surface area contributed by atoms with Crippen LogP contribution in [0.5, 0.6) is 0 Å². The SMILES string of the molecule is CCN(C)C(=O)C(C)(C)C1CCCNC1. The normalized spacial score (nSPS) is 22.5. The van der Waals surface area contributed by atoms with Crippen molar-refractivity contribution in [1.29, 1.82) is 0 Å². The lowest BCUT2D eigenvalue weighted by Gasteiger charge is -2.38. The zero-order chi connectivity index (χ0) is 11.5. The average molecular weight is 212 g/mol. The molecule has 0 spiro atoms. The van der Waals surface area contributed by atoms with E-state index < -0.39 is 0 Å². The van der Waals surface area contributed by atoms with Crippen LogP contribution in [0.3, 0.4) is 0 Å². The van der Waals surface area contributed by atoms with E-state index in [0.29, 0.717) is 5.92 Å². The summed E-state index contributed by atoms with van der Waals surface area (Å²) in [5.74, 6) is 0.756. The molecule has 1 amide bonds. The summed E-state index contributed by atoms with van der Waals surface area (Å²) in [6, 6.07) is 0. The zero-order valence-electron chi connectivity index (χ0n) is 10.5. The van der Waals surface area contributed by atoms with E-state index in [1.807, 2.05) is 18.9 Å². The molecule has 0 saturated carbocycles. The van der Waals surface area contributed by atoms with Gasteiger partial charge in [-0.3, -0.25) is 4.79 Å². The third-order valence-electron chi connectivity index (χ3n) is 3.69. The summed E-state index contributed by atoms with van der Waals surface area (Å²) < 4.78 is 0. The minimum absolute atomic E-state index is 0.224. The van der Waals surface area contributed by atoms with Crippen molar-refractivity contribution in [2.24, 2.45) is 11.3 Å². The van der Waals surface area contributed by atoms with Gasteiger partial charge in [-0.25, -0.2) is 0 Å². The van der Waals surface area contributed by atoms with Crippen LogP contribution >= 0.6 is 0 Å². The van der Waals surface area contributed by atoms with Crippen molar-refractivity contribution in [3.8, 4) is 0 Å². The highest BCUT2D eigenvalue weighted by Gasteiger charge is 2.38. The second kappa shape index (κ2) is 4.97. The van der Waals surface area contributed by atoms with Gasteiger partial charge in [-0.05, 0) is 38.8 Å². The maximum atomic E-state index is 12.2. The van der Waals surface area contributed by atoms with Gasteiger partial charge in [0, 0.05) is 19.0 Å². The van der Waals surface area contributed by atoms with E-state index in [2.05, 4.69) is 19.2 Å². The van der Waals surface area contributed by atoms with E-state index in [1.165, 1.54) is 12.8 Å². The number of carbonyl (C=O) groups excluding carboxylic acids is 1. The number of hydrogen-bond donors (Lipinski definition) is 1. The first kappa shape index (κ1) is 12.5. The van der Waals surface area contributed by atoms with Gasteiger partial charge in [-0.15, -0.1) is 0 Å². The van der Waals surface area contributed by atoms with Crippen molar-refractivity contribution in [2.45, 2.75) is 33.6 Å². The molecule has 88 valence electrons. The van der Waals surface area contributed by atoms with Gasteiger partial charge in [0.05, 0.1) is 0 Å². The molecule has 3 heteroatoms. The predicted molar refractivity (Wildman–Crippen MR) is 62.7 cm³/mol. The molecule has 1 saturated heterocycles. The topological polar surface area (TPSA) is 32.3 Å². The second-order valence-electron chi connectivity index (χ2n) is 5.08. The quantitative estimate of drug-likeness (QED) is 0.768. The minimum atomic E-state index is -0.224. The lowest BCUT2D eigenvalue weighted by Crippen LogP contribution is -2.47. The van der Waals surface area contributed by atoms with Crippen molar-refractivity contribution >= 4 is 5.91 Å². The van der Waals surface area contributed by atoms with Crippen molar-refractivity contribution in [2.75, 3.05) is 26.7 Å². The molecule has 0 radical (unpaired) electrons. The fourth-order valence-electron chi connectivity index (χ4n) is 2.28. The first-order valence-corrected chi connectivity index (χ1v) is 5.96. The predicted octanol–water partition coefficient (Wildman–Crippen LogP) is 1.49. The van der Waals surface area contributed by atoms with Gasteiger partial charge < -0.3 is 10.2 Å². The Kier molecular flexibility index (Phi) is 4.14. The van der Waals surface area contributed by atoms with Crippen LogP contribution in [-0.2, 0) is 4.79 Å². The number of carbonyl (C=O) groups is 1. The summed E-state index contributed by atoms with van der Waals surface area (Å²) in [5.41, 5.74) is -0.224. The minimum Gasteiger partial charge on any atom is -0.346 e. The largest absolute Gasteiger partial charge is 0.346 e. The molecule has 0 aliphatic carbocycles. The molecule has 1 fully saturated rings. The first-order chi connectivity index (χ1) is 7.00. The lowest BCUT2D eigenvalue weighted by molar-refractivity contribution is -0.142. The van der Waals surface area contributed by atoms with Gasteiger partial charge in [0.1, 0.15) is 0 Å². The molecule has 1 N–H and O–H groups in total. The Bertz CT molecular complexity index is 220. The molecular weight excluding hydrogens is 188 g/mol. The van der Waals surface area contributed by atoms with Crippen LogP contribution in [0.2, 0.25) is 0 Å². The number of nitrogens with zero attached hydrogens (tertiary/aromatic N) is 1. The van der Waals surface area contributed by atoms with Crippen LogP contribution in [-0.4, -0.2) is 37.5 Å². The Morgan fingerprint density at radius 2 is 2.20 bits per heavy atom. The third-order valence-corrected chi connectivity index (χ3v) is 3.69. The summed E-state index contributed by atoms with van der Waals surface area (Å²) in [7, 11) is 1.89. The van der Waals surface area contributed by atoms with Crippen LogP contribution in [0.15, 0.2) is 0 Å². The average Bonchev–Trinajstić information content (AvgIpc) is 2.28. The van der Waals surface area contributed by atoms with E-state index >= 15 is 0 Å². The van der Waals surface area contributed by atoms with Crippen LogP contribution < -0.4 is 5.32 Å². The second-order valence-corrected chi connectivity index (χ2v) is 5.08. The van der Waals surface area contributed by atoms with E-state index in [0.717, 1.165) is 19.6 Å². The molecule has 15 heavy (non-hydrogen) atoms.